The second-order valence-corrected chi connectivity index (χ2v) is 20.9. The van der Waals surface area contributed by atoms with Crippen LogP contribution in [-0.2, 0) is 27.1 Å². The van der Waals surface area contributed by atoms with Crippen molar-refractivity contribution in [2.45, 2.75) is 82.8 Å². The number of aryl methyl sites for hydroxylation is 1. The number of hydrogen-bond acceptors (Lipinski definition) is 12. The van der Waals surface area contributed by atoms with Crippen LogP contribution in [-0.4, -0.2) is 121 Å². The van der Waals surface area contributed by atoms with Crippen LogP contribution < -0.4 is 30.9 Å². The molecule has 0 spiro atoms. The number of rotatable bonds is 17. The van der Waals surface area contributed by atoms with Gasteiger partial charge in [0.1, 0.15) is 24.8 Å². The van der Waals surface area contributed by atoms with Crippen molar-refractivity contribution in [2.24, 2.45) is 0 Å². The number of ether oxygens (including phenoxy) is 1. The lowest BCUT2D eigenvalue weighted by Gasteiger charge is -2.43. The van der Waals surface area contributed by atoms with Crippen molar-refractivity contribution in [2.75, 3.05) is 81.8 Å². The Kier molecular flexibility index (Phi) is 14.1. The fourth-order valence-corrected chi connectivity index (χ4v) is 10.8. The van der Waals surface area contributed by atoms with E-state index in [0.717, 1.165) is 112 Å². The highest BCUT2D eigenvalue weighted by molar-refractivity contribution is 7.70. The Balaban J connectivity index is 0.724. The molecule has 334 valence electrons. The van der Waals surface area contributed by atoms with Gasteiger partial charge in [0.15, 0.2) is 0 Å². The summed E-state index contributed by atoms with van der Waals surface area (Å²) in [6.07, 6.45) is 11.5. The molecular formula is C48H62N9O5P. The van der Waals surface area contributed by atoms with E-state index < -0.39 is 13.2 Å². The zero-order chi connectivity index (χ0) is 43.9. The van der Waals surface area contributed by atoms with Crippen LogP contribution in [0.15, 0.2) is 72.9 Å². The number of carbonyl (C=O) groups is 3. The number of amides is 3. The minimum Gasteiger partial charge on any atom is -0.494 e. The number of anilines is 5. The highest BCUT2D eigenvalue weighted by Crippen LogP contribution is 2.39. The third-order valence-corrected chi connectivity index (χ3v) is 14.7. The monoisotopic (exact) mass is 875 g/mol. The SMILES string of the molecule is COc1cc(N2CCC(N3CCN(CCCCCCCc4cccc5c4CN(C4CCC(=O)NC4=O)C5=O)CC3)CC2)ccc1Nc1nccc(Nc2ccccc2P(C)(C)=O)n1. The molecular weight excluding hydrogens is 814 g/mol. The molecule has 3 N–H and O–H groups in total. The quantitative estimate of drug-likeness (QED) is 0.0584. The third kappa shape index (κ3) is 10.7. The van der Waals surface area contributed by atoms with E-state index in [2.05, 4.69) is 58.8 Å². The maximum Gasteiger partial charge on any atom is 0.255 e. The van der Waals surface area contributed by atoms with Gasteiger partial charge in [0.05, 0.1) is 18.5 Å². The number of benzene rings is 3. The smallest absolute Gasteiger partial charge is 0.255 e. The van der Waals surface area contributed by atoms with Crippen LogP contribution >= 0.6 is 7.14 Å². The van der Waals surface area contributed by atoms with Gasteiger partial charge in [-0.2, -0.15) is 4.98 Å². The van der Waals surface area contributed by atoms with E-state index in [9.17, 15) is 18.9 Å². The zero-order valence-electron chi connectivity index (χ0n) is 37.0. The summed E-state index contributed by atoms with van der Waals surface area (Å²) in [5.74, 6) is 1.04. The second kappa shape index (κ2) is 20.0. The number of piperidine rings is 2. The molecule has 1 atom stereocenters. The Hall–Kier alpha value is -5.30. The molecule has 1 unspecified atom stereocenters. The highest BCUT2D eigenvalue weighted by Gasteiger charge is 2.39. The topological polar surface area (TPSA) is 152 Å². The number of methoxy groups -OCH3 is 1. The molecule has 8 rings (SSSR count). The fraction of sp³-hybridized carbons (Fsp3) is 0.479. The molecule has 5 heterocycles. The number of fused-ring (bicyclic) bond motifs is 1. The van der Waals surface area contributed by atoms with Crippen molar-refractivity contribution < 1.29 is 23.7 Å². The number of nitrogens with one attached hydrogen (secondary N) is 3. The van der Waals surface area contributed by atoms with Gasteiger partial charge in [-0.25, -0.2) is 4.98 Å². The number of hydrogen-bond donors (Lipinski definition) is 3. The number of nitrogens with zero attached hydrogens (tertiary/aromatic N) is 6. The first-order valence-corrected chi connectivity index (χ1v) is 25.3. The van der Waals surface area contributed by atoms with E-state index in [0.29, 0.717) is 36.3 Å². The molecule has 4 aliphatic rings. The molecule has 0 saturated carbocycles. The fourth-order valence-electron chi connectivity index (χ4n) is 9.68. The number of para-hydroxylation sites is 1. The minimum absolute atomic E-state index is 0.0992. The molecule has 4 aliphatic heterocycles. The predicted octanol–water partition coefficient (Wildman–Crippen LogP) is 6.76. The van der Waals surface area contributed by atoms with Gasteiger partial charge in [0, 0.05) is 87.1 Å². The van der Waals surface area contributed by atoms with E-state index in [4.69, 9.17) is 4.74 Å². The Bertz CT molecular complexity index is 2320. The summed E-state index contributed by atoms with van der Waals surface area (Å²) < 4.78 is 18.7. The van der Waals surface area contributed by atoms with Crippen molar-refractivity contribution in [3.05, 3.63) is 89.6 Å². The summed E-state index contributed by atoms with van der Waals surface area (Å²) in [6, 6.07) is 21.7. The Morgan fingerprint density at radius 2 is 1.60 bits per heavy atom. The van der Waals surface area contributed by atoms with Gasteiger partial charge >= 0.3 is 0 Å². The number of unbranched alkanes of at least 4 members (excludes halogenated alkanes) is 4. The van der Waals surface area contributed by atoms with Crippen LogP contribution in [0, 0.1) is 0 Å². The van der Waals surface area contributed by atoms with Crippen molar-refractivity contribution >= 4 is 59.0 Å². The molecule has 3 amide bonds. The summed E-state index contributed by atoms with van der Waals surface area (Å²) in [5, 5.41) is 9.83. The molecule has 0 radical (unpaired) electrons. The lowest BCUT2D eigenvalue weighted by atomic mass is 9.98. The van der Waals surface area contributed by atoms with Crippen LogP contribution in [0.5, 0.6) is 5.75 Å². The summed E-state index contributed by atoms with van der Waals surface area (Å²) in [4.78, 5) is 55.9. The predicted molar refractivity (Wildman–Crippen MR) is 250 cm³/mol. The number of piperazine rings is 1. The number of carbonyl (C=O) groups excluding carboxylic acids is 3. The average molecular weight is 876 g/mol. The van der Waals surface area contributed by atoms with Crippen LogP contribution in [0.4, 0.5) is 28.8 Å². The van der Waals surface area contributed by atoms with E-state index in [1.54, 1.807) is 37.6 Å². The maximum atomic E-state index is 13.2. The van der Waals surface area contributed by atoms with Gasteiger partial charge in [0.25, 0.3) is 5.91 Å². The molecule has 3 saturated heterocycles. The molecule has 3 aromatic carbocycles. The largest absolute Gasteiger partial charge is 0.494 e. The van der Waals surface area contributed by atoms with Gasteiger partial charge in [-0.3, -0.25) is 24.6 Å². The summed E-state index contributed by atoms with van der Waals surface area (Å²) in [6.45, 7) is 11.7. The molecule has 63 heavy (non-hydrogen) atoms. The summed E-state index contributed by atoms with van der Waals surface area (Å²) in [7, 11) is -0.797. The average Bonchev–Trinajstić information content (AvgIpc) is 3.62. The normalized spacial score (nSPS) is 19.0. The molecule has 0 aliphatic carbocycles. The zero-order valence-corrected chi connectivity index (χ0v) is 37.9. The lowest BCUT2D eigenvalue weighted by Crippen LogP contribution is -2.53. The van der Waals surface area contributed by atoms with E-state index in [1.165, 1.54) is 24.8 Å². The van der Waals surface area contributed by atoms with Crippen molar-refractivity contribution in [3.8, 4) is 5.75 Å². The Labute approximate surface area is 371 Å². The van der Waals surface area contributed by atoms with Crippen LogP contribution in [0.1, 0.15) is 79.3 Å². The molecule has 1 aromatic heterocycles. The first-order chi connectivity index (χ1) is 30.5. The Morgan fingerprint density at radius 3 is 2.38 bits per heavy atom. The van der Waals surface area contributed by atoms with E-state index in [1.807, 2.05) is 42.5 Å². The van der Waals surface area contributed by atoms with Crippen LogP contribution in [0.3, 0.4) is 0 Å². The van der Waals surface area contributed by atoms with Crippen molar-refractivity contribution in [1.82, 2.24) is 30.0 Å². The summed E-state index contributed by atoms with van der Waals surface area (Å²) in [5.41, 5.74) is 5.66. The van der Waals surface area contributed by atoms with Gasteiger partial charge in [-0.05, 0) is 106 Å². The molecule has 15 heteroatoms. The van der Waals surface area contributed by atoms with Gasteiger partial charge < -0.3 is 34.6 Å². The standard InChI is InChI=1S/C48H62N9O5P/c1-62-42-32-36(17-18-39(42)51-48-49-24-21-44(52-48)50-40-15-8-9-16-43(40)63(2,3)61)55-26-22-35(23-27-55)56-30-28-54(29-31-56)25-10-6-4-5-7-12-34-13-11-14-37-38(34)33-57(47(37)60)41-19-20-45(58)53-46(41)59/h8-9,11,13-18,21,24,32,35,41H,4-7,10,12,19-20,22-23,25-31,33H2,1-3H3,(H,53,58,59)(H2,49,50,51,52). The van der Waals surface area contributed by atoms with Crippen LogP contribution in [0.2, 0.25) is 0 Å². The lowest BCUT2D eigenvalue weighted by molar-refractivity contribution is -0.136. The maximum absolute atomic E-state index is 13.2. The van der Waals surface area contributed by atoms with Crippen molar-refractivity contribution in [3.63, 3.8) is 0 Å². The minimum atomic E-state index is -2.48. The Morgan fingerprint density at radius 1 is 0.825 bits per heavy atom. The molecule has 0 bridgehead atoms. The summed E-state index contributed by atoms with van der Waals surface area (Å²) >= 11 is 0. The second-order valence-electron chi connectivity index (χ2n) is 17.7. The highest BCUT2D eigenvalue weighted by atomic mass is 31.2. The first-order valence-electron chi connectivity index (χ1n) is 22.7. The first kappa shape index (κ1) is 44.3. The van der Waals surface area contributed by atoms with Crippen LogP contribution in [0.25, 0.3) is 0 Å². The third-order valence-electron chi connectivity index (χ3n) is 13.2. The molecule has 14 nitrogen and oxygen atoms in total. The van der Waals surface area contributed by atoms with Gasteiger partial charge in [-0.15, -0.1) is 0 Å². The van der Waals surface area contributed by atoms with Crippen molar-refractivity contribution in [1.29, 1.82) is 0 Å². The van der Waals surface area contributed by atoms with Gasteiger partial charge in [-0.1, -0.05) is 43.5 Å². The van der Waals surface area contributed by atoms with E-state index in [-0.39, 0.29) is 24.1 Å². The molecule has 3 fully saturated rings. The molecule has 4 aromatic rings. The van der Waals surface area contributed by atoms with Gasteiger partial charge in [0.2, 0.25) is 17.8 Å². The number of aromatic nitrogens is 2. The van der Waals surface area contributed by atoms with E-state index >= 15 is 0 Å². The number of imide groups is 1.